The Bertz CT molecular complexity index is 1030. The number of carbonyl (C=O) groups is 3. The van der Waals surface area contributed by atoms with Gasteiger partial charge in [0.05, 0.1) is 11.7 Å². The summed E-state index contributed by atoms with van der Waals surface area (Å²) in [6, 6.07) is 8.80. The van der Waals surface area contributed by atoms with Crippen LogP contribution in [0.2, 0.25) is 0 Å². The monoisotopic (exact) mass is 387 g/mol. The van der Waals surface area contributed by atoms with Crippen molar-refractivity contribution in [3.8, 4) is 0 Å². The van der Waals surface area contributed by atoms with Crippen molar-refractivity contribution in [3.05, 3.63) is 64.5 Å². The Hall–Kier alpha value is -3.22. The topological polar surface area (TPSA) is 84.5 Å². The van der Waals surface area contributed by atoms with Crippen molar-refractivity contribution < 1.29 is 27.6 Å². The Balaban J connectivity index is 1.86. The van der Waals surface area contributed by atoms with Gasteiger partial charge in [-0.15, -0.1) is 0 Å². The first kappa shape index (κ1) is 15.8. The average Bonchev–Trinajstić information content (AvgIpc) is 2.67. The number of ketones is 1. The summed E-state index contributed by atoms with van der Waals surface area (Å²) >= 11 is 0. The number of alkyl carbamates (subject to hydrolysis) is 1. The van der Waals surface area contributed by atoms with Crippen LogP contribution in [0.4, 0.5) is 14.9 Å². The third-order valence-corrected chi connectivity index (χ3v) is 4.44. The van der Waals surface area contributed by atoms with E-state index in [2.05, 4.69) is 10.6 Å². The van der Waals surface area contributed by atoms with Crippen LogP contribution in [0, 0.1) is 12.7 Å². The molecule has 2 aromatic rings. The van der Waals surface area contributed by atoms with Crippen molar-refractivity contribution in [2.45, 2.75) is 39.3 Å². The number of anilines is 1. The zero-order chi connectivity index (χ0) is 22.8. The second-order valence-corrected chi connectivity index (χ2v) is 6.48. The predicted molar refractivity (Wildman–Crippen MR) is 102 cm³/mol. The van der Waals surface area contributed by atoms with Gasteiger partial charge in [-0.1, -0.05) is 30.3 Å². The van der Waals surface area contributed by atoms with Crippen molar-refractivity contribution in [1.29, 1.82) is 0 Å². The molecule has 1 aliphatic carbocycles. The Morgan fingerprint density at radius 2 is 2.07 bits per heavy atom. The fourth-order valence-corrected chi connectivity index (χ4v) is 3.16. The lowest BCUT2D eigenvalue weighted by Gasteiger charge is -2.27. The molecule has 2 aromatic carbocycles. The van der Waals surface area contributed by atoms with Gasteiger partial charge in [0.2, 0.25) is 5.91 Å². The second kappa shape index (κ2) is 8.21. The fourth-order valence-electron chi connectivity index (χ4n) is 3.16. The van der Waals surface area contributed by atoms with Gasteiger partial charge in [0.25, 0.3) is 0 Å². The van der Waals surface area contributed by atoms with E-state index in [1.807, 2.05) is 6.07 Å². The fraction of sp³-hybridized carbons (Fsp3) is 0.286. The molecule has 0 spiro atoms. The van der Waals surface area contributed by atoms with E-state index in [0.717, 1.165) is 11.6 Å². The summed E-state index contributed by atoms with van der Waals surface area (Å²) in [5.74, 6) is -2.19. The van der Waals surface area contributed by atoms with Gasteiger partial charge in [0.1, 0.15) is 12.4 Å². The Kier molecular flexibility index (Phi) is 4.63. The number of hydrogen-bond acceptors (Lipinski definition) is 4. The van der Waals surface area contributed by atoms with Gasteiger partial charge in [-0.05, 0) is 42.5 Å². The van der Waals surface area contributed by atoms with Gasteiger partial charge in [-0.2, -0.15) is 0 Å². The van der Waals surface area contributed by atoms with Gasteiger partial charge in [-0.25, -0.2) is 9.18 Å². The lowest BCUT2D eigenvalue weighted by atomic mass is 9.83. The van der Waals surface area contributed by atoms with E-state index in [0.29, 0.717) is 0 Å². The Morgan fingerprint density at radius 3 is 2.75 bits per heavy atom. The number of hydrogen-bond donors (Lipinski definition) is 2. The number of benzene rings is 2. The zero-order valence-electron chi connectivity index (χ0n) is 18.2. The summed E-state index contributed by atoms with van der Waals surface area (Å²) in [6.45, 7) is -1.58. The van der Waals surface area contributed by atoms with Crippen LogP contribution in [0.3, 0.4) is 0 Å². The number of halogens is 1. The SMILES string of the molecule is [2H]C([2H])([2H])c1c(F)cc(NC(C)=O)c2c1CC[C@H](NC(=O)OCc1ccccc1)C2=O. The van der Waals surface area contributed by atoms with Crippen molar-refractivity contribution in [2.24, 2.45) is 0 Å². The molecule has 0 radical (unpaired) electrons. The molecule has 1 aliphatic rings. The van der Waals surface area contributed by atoms with E-state index in [1.165, 1.54) is 6.92 Å². The van der Waals surface area contributed by atoms with Gasteiger partial charge >= 0.3 is 6.09 Å². The molecule has 28 heavy (non-hydrogen) atoms. The highest BCUT2D eigenvalue weighted by atomic mass is 19.1. The highest BCUT2D eigenvalue weighted by molar-refractivity contribution is 6.10. The molecule has 2 amide bonds. The first-order valence-corrected chi connectivity index (χ1v) is 8.72. The quantitative estimate of drug-likeness (QED) is 0.841. The minimum absolute atomic E-state index is 0.00964. The summed E-state index contributed by atoms with van der Waals surface area (Å²) in [6.07, 6.45) is -0.717. The molecule has 0 heterocycles. The molecule has 0 aliphatic heterocycles. The molecule has 0 unspecified atom stereocenters. The first-order chi connectivity index (χ1) is 14.6. The van der Waals surface area contributed by atoms with Crippen LogP contribution in [-0.4, -0.2) is 23.8 Å². The van der Waals surface area contributed by atoms with Crippen LogP contribution in [0.5, 0.6) is 0 Å². The minimum Gasteiger partial charge on any atom is -0.445 e. The molecule has 6 nitrogen and oxygen atoms in total. The molecular formula is C21H21FN2O4. The van der Waals surface area contributed by atoms with E-state index in [4.69, 9.17) is 8.85 Å². The van der Waals surface area contributed by atoms with E-state index >= 15 is 0 Å². The molecule has 1 atom stereocenters. The maximum Gasteiger partial charge on any atom is 0.408 e. The molecule has 0 fully saturated rings. The largest absolute Gasteiger partial charge is 0.445 e. The van der Waals surface area contributed by atoms with Gasteiger partial charge in [-0.3, -0.25) is 9.59 Å². The molecule has 2 N–H and O–H groups in total. The number of carbonyl (C=O) groups excluding carboxylic acids is 3. The third-order valence-electron chi connectivity index (χ3n) is 4.44. The summed E-state index contributed by atoms with van der Waals surface area (Å²) < 4.78 is 42.6. The van der Waals surface area contributed by atoms with Gasteiger partial charge in [0, 0.05) is 16.6 Å². The van der Waals surface area contributed by atoms with Crippen molar-refractivity contribution in [3.63, 3.8) is 0 Å². The van der Waals surface area contributed by atoms with E-state index < -0.39 is 42.1 Å². The maximum atomic E-state index is 14.6. The molecule has 3 rings (SSSR count). The normalized spacial score (nSPS) is 17.6. The lowest BCUT2D eigenvalue weighted by Crippen LogP contribution is -2.44. The summed E-state index contributed by atoms with van der Waals surface area (Å²) in [5, 5.41) is 4.85. The Labute approximate surface area is 166 Å². The smallest absolute Gasteiger partial charge is 0.408 e. The summed E-state index contributed by atoms with van der Waals surface area (Å²) in [4.78, 5) is 36.8. The van der Waals surface area contributed by atoms with Crippen molar-refractivity contribution >= 4 is 23.5 Å². The molecular weight excluding hydrogens is 363 g/mol. The highest BCUT2D eigenvalue weighted by Gasteiger charge is 2.33. The highest BCUT2D eigenvalue weighted by Crippen LogP contribution is 2.32. The van der Waals surface area contributed by atoms with E-state index in [9.17, 15) is 18.8 Å². The van der Waals surface area contributed by atoms with Crippen molar-refractivity contribution in [1.82, 2.24) is 5.32 Å². The van der Waals surface area contributed by atoms with Crippen LogP contribution in [-0.2, 0) is 22.6 Å². The first-order valence-electron chi connectivity index (χ1n) is 10.2. The molecule has 146 valence electrons. The summed E-state index contributed by atoms with van der Waals surface area (Å²) in [7, 11) is 0. The van der Waals surface area contributed by atoms with Crippen LogP contribution in [0.25, 0.3) is 0 Å². The number of nitrogens with one attached hydrogen (secondary N) is 2. The zero-order valence-corrected chi connectivity index (χ0v) is 15.2. The number of Topliss-reactive ketones (excluding diaryl/α,β-unsaturated/α-hetero) is 1. The van der Waals surface area contributed by atoms with Crippen LogP contribution < -0.4 is 10.6 Å². The van der Waals surface area contributed by atoms with Crippen LogP contribution >= 0.6 is 0 Å². The minimum atomic E-state index is -2.78. The summed E-state index contributed by atoms with van der Waals surface area (Å²) in [5.41, 5.74) is 0.00713. The predicted octanol–water partition coefficient (Wildman–Crippen LogP) is 3.52. The average molecular weight is 387 g/mol. The lowest BCUT2D eigenvalue weighted by molar-refractivity contribution is -0.114. The number of ether oxygens (including phenoxy) is 1. The molecule has 0 saturated heterocycles. The number of fused-ring (bicyclic) bond motifs is 1. The van der Waals surface area contributed by atoms with Crippen LogP contribution in [0.15, 0.2) is 36.4 Å². The third kappa shape index (κ3) is 4.19. The van der Waals surface area contributed by atoms with Gasteiger partial charge < -0.3 is 15.4 Å². The van der Waals surface area contributed by atoms with Gasteiger partial charge in [0.15, 0.2) is 5.78 Å². The second-order valence-electron chi connectivity index (χ2n) is 6.48. The van der Waals surface area contributed by atoms with E-state index in [1.54, 1.807) is 24.3 Å². The molecule has 0 aromatic heterocycles. The van der Waals surface area contributed by atoms with E-state index in [-0.39, 0.29) is 36.3 Å². The maximum absolute atomic E-state index is 14.6. The standard InChI is InChI=1S/C21H21FN2O4/c1-12-15-8-9-17(24-21(27)28-11-14-6-4-3-5-7-14)20(26)19(15)18(10-16(12)22)23-13(2)25/h3-7,10,17H,8-9,11H2,1-2H3,(H,23,25)(H,24,27)/t17-/m0/s1/i1D3. The number of rotatable bonds is 4. The molecule has 0 bridgehead atoms. The van der Waals surface area contributed by atoms with Crippen molar-refractivity contribution in [2.75, 3.05) is 5.32 Å². The van der Waals surface area contributed by atoms with Crippen LogP contribution in [0.1, 0.15) is 44.5 Å². The Morgan fingerprint density at radius 1 is 1.32 bits per heavy atom. The number of amides is 2. The molecule has 0 saturated carbocycles. The molecule has 7 heteroatoms.